The van der Waals surface area contributed by atoms with E-state index in [-0.39, 0.29) is 30.2 Å². The number of aliphatic hydroxyl groups excluding tert-OH is 2. The number of hydrogen-bond donors (Lipinski definition) is 3. The zero-order valence-corrected chi connectivity index (χ0v) is 20.9. The monoisotopic (exact) mass is 485 g/mol. The molecule has 3 N–H and O–H groups in total. The van der Waals surface area contributed by atoms with Gasteiger partial charge in [-0.3, -0.25) is 5.32 Å². The van der Waals surface area contributed by atoms with E-state index in [4.69, 9.17) is 11.6 Å². The van der Waals surface area contributed by atoms with Crippen molar-refractivity contribution in [3.63, 3.8) is 0 Å². The molecule has 0 aromatic rings. The van der Waals surface area contributed by atoms with Gasteiger partial charge in [0.25, 0.3) is 5.92 Å². The summed E-state index contributed by atoms with van der Waals surface area (Å²) in [5.41, 5.74) is 0. The van der Waals surface area contributed by atoms with Crippen molar-refractivity contribution in [1.82, 2.24) is 5.32 Å². The number of hydrogen-bond acceptors (Lipinski definition) is 3. The zero-order valence-electron chi connectivity index (χ0n) is 20.1. The summed E-state index contributed by atoms with van der Waals surface area (Å²) in [7, 11) is 0. The van der Waals surface area contributed by atoms with Gasteiger partial charge >= 0.3 is 0 Å². The van der Waals surface area contributed by atoms with Crippen LogP contribution in [0.2, 0.25) is 0 Å². The maximum absolute atomic E-state index is 14.2. The molecule has 2 fully saturated rings. The molecule has 3 aliphatic carbocycles. The Labute approximate surface area is 203 Å². The summed E-state index contributed by atoms with van der Waals surface area (Å²) >= 11 is 6.05. The lowest BCUT2D eigenvalue weighted by molar-refractivity contribution is -0.0424. The van der Waals surface area contributed by atoms with Crippen molar-refractivity contribution in [3.8, 4) is 0 Å². The van der Waals surface area contributed by atoms with E-state index < -0.39 is 24.2 Å². The van der Waals surface area contributed by atoms with Crippen molar-refractivity contribution >= 4 is 11.6 Å². The van der Waals surface area contributed by atoms with Crippen molar-refractivity contribution < 1.29 is 19.0 Å². The van der Waals surface area contributed by atoms with E-state index in [0.717, 1.165) is 49.6 Å². The molecular weight excluding hydrogens is 444 g/mol. The highest BCUT2D eigenvalue weighted by molar-refractivity contribution is 6.31. The Kier molecular flexibility index (Phi) is 9.59. The van der Waals surface area contributed by atoms with Crippen LogP contribution < -0.4 is 5.32 Å². The van der Waals surface area contributed by atoms with Gasteiger partial charge in [-0.2, -0.15) is 0 Å². The third-order valence-electron chi connectivity index (χ3n) is 8.42. The minimum atomic E-state index is -2.90. The molecule has 2 saturated carbocycles. The van der Waals surface area contributed by atoms with Gasteiger partial charge < -0.3 is 10.2 Å². The number of rotatable bonds is 10. The second-order valence-corrected chi connectivity index (χ2v) is 11.3. The van der Waals surface area contributed by atoms with Crippen molar-refractivity contribution in [3.05, 3.63) is 35.9 Å². The molecule has 3 nitrogen and oxygen atoms in total. The number of aliphatic hydroxyl groups is 2. The maximum Gasteiger partial charge on any atom is 0.269 e. The van der Waals surface area contributed by atoms with E-state index in [1.54, 1.807) is 0 Å². The molecule has 0 bridgehead atoms. The molecular formula is C27H42ClF2NO2. The Bertz CT molecular complexity index is 702. The molecule has 188 valence electrons. The standard InChI is InChI=1S/C27H42ClF2NO2/c1-4-27(29,30)23-7-5-6-21(23)16-24(32)31-25(17(2)3)26(33)20-10-8-18(9-11-20)19-12-14-22(28)15-13-19/h4,12,14-15,17-21,23-26,31-33H,1,5-11,13,16H2,2-3H3/t18?,19?,20?,21?,23-,24?,25-,26?/m1/s1. The van der Waals surface area contributed by atoms with Crippen LogP contribution >= 0.6 is 11.6 Å². The SMILES string of the molecule is C=CC(F)(F)[C@@H]1CCCC1CC(O)N[C@H](C(C)C)C(O)C1CCC(C2C=CC(Cl)=CC2)CC1. The summed E-state index contributed by atoms with van der Waals surface area (Å²) in [6.07, 6.45) is 12.9. The Hall–Kier alpha value is -0.750. The predicted octanol–water partition coefficient (Wildman–Crippen LogP) is 6.41. The second kappa shape index (κ2) is 11.8. The van der Waals surface area contributed by atoms with Gasteiger partial charge in [-0.1, -0.05) is 50.6 Å². The van der Waals surface area contributed by atoms with Crippen molar-refractivity contribution in [1.29, 1.82) is 0 Å². The lowest BCUT2D eigenvalue weighted by atomic mass is 9.71. The molecule has 0 aliphatic heterocycles. The Balaban J connectivity index is 1.52. The van der Waals surface area contributed by atoms with Crippen LogP contribution in [0, 0.1) is 35.5 Å². The lowest BCUT2D eigenvalue weighted by Gasteiger charge is -2.40. The van der Waals surface area contributed by atoms with Gasteiger partial charge in [0.05, 0.1) is 6.10 Å². The zero-order chi connectivity index (χ0) is 24.2. The molecule has 33 heavy (non-hydrogen) atoms. The third-order valence-corrected chi connectivity index (χ3v) is 8.70. The fourth-order valence-corrected chi connectivity index (χ4v) is 6.57. The van der Waals surface area contributed by atoms with Crippen LogP contribution in [-0.4, -0.2) is 34.5 Å². The van der Waals surface area contributed by atoms with E-state index in [0.29, 0.717) is 24.7 Å². The number of alkyl halides is 2. The average Bonchev–Trinajstić information content (AvgIpc) is 3.26. The van der Waals surface area contributed by atoms with E-state index in [1.165, 1.54) is 0 Å². The summed E-state index contributed by atoms with van der Waals surface area (Å²) in [6, 6.07) is -0.266. The minimum absolute atomic E-state index is 0.120. The molecule has 0 radical (unpaired) electrons. The fraction of sp³-hybridized carbons (Fsp3) is 0.778. The molecule has 0 amide bonds. The Morgan fingerprint density at radius 1 is 1.18 bits per heavy atom. The van der Waals surface area contributed by atoms with Crippen molar-refractivity contribution in [2.45, 2.75) is 95.9 Å². The quantitative estimate of drug-likeness (QED) is 0.247. The largest absolute Gasteiger partial charge is 0.391 e. The normalized spacial score (nSPS) is 33.6. The molecule has 3 aliphatic rings. The minimum Gasteiger partial charge on any atom is -0.391 e. The summed E-state index contributed by atoms with van der Waals surface area (Å²) in [5, 5.41) is 26.0. The summed E-state index contributed by atoms with van der Waals surface area (Å²) < 4.78 is 28.5. The first kappa shape index (κ1) is 26.8. The topological polar surface area (TPSA) is 52.5 Å². The Morgan fingerprint density at radius 2 is 1.88 bits per heavy atom. The van der Waals surface area contributed by atoms with E-state index in [1.807, 2.05) is 19.9 Å². The molecule has 3 rings (SSSR count). The van der Waals surface area contributed by atoms with Gasteiger partial charge in [0.1, 0.15) is 6.23 Å². The van der Waals surface area contributed by atoms with E-state index >= 15 is 0 Å². The number of allylic oxidation sites excluding steroid dienone is 5. The molecule has 4 unspecified atom stereocenters. The summed E-state index contributed by atoms with van der Waals surface area (Å²) in [5.74, 6) is -2.45. The summed E-state index contributed by atoms with van der Waals surface area (Å²) in [4.78, 5) is 0. The molecule has 0 saturated heterocycles. The van der Waals surface area contributed by atoms with E-state index in [2.05, 4.69) is 24.0 Å². The fourth-order valence-electron chi connectivity index (χ4n) is 6.41. The summed E-state index contributed by atoms with van der Waals surface area (Å²) in [6.45, 7) is 7.37. The number of nitrogens with one attached hydrogen (secondary N) is 1. The third kappa shape index (κ3) is 6.90. The predicted molar refractivity (Wildman–Crippen MR) is 131 cm³/mol. The molecule has 6 atom stereocenters. The van der Waals surface area contributed by atoms with Crippen LogP contribution in [0.1, 0.15) is 71.6 Å². The lowest BCUT2D eigenvalue weighted by Crippen LogP contribution is -2.52. The average molecular weight is 486 g/mol. The van der Waals surface area contributed by atoms with Gasteiger partial charge in [0.2, 0.25) is 0 Å². The van der Waals surface area contributed by atoms with Gasteiger partial charge in [0, 0.05) is 17.0 Å². The molecule has 0 spiro atoms. The van der Waals surface area contributed by atoms with Crippen LogP contribution in [0.15, 0.2) is 35.9 Å². The van der Waals surface area contributed by atoms with Crippen molar-refractivity contribution in [2.24, 2.45) is 35.5 Å². The van der Waals surface area contributed by atoms with Gasteiger partial charge in [-0.25, -0.2) is 8.78 Å². The molecule has 0 aromatic heterocycles. The van der Waals surface area contributed by atoms with Crippen LogP contribution in [0.5, 0.6) is 0 Å². The molecule has 0 aromatic carbocycles. The second-order valence-electron chi connectivity index (χ2n) is 10.9. The smallest absolute Gasteiger partial charge is 0.269 e. The van der Waals surface area contributed by atoms with Crippen LogP contribution in [0.3, 0.4) is 0 Å². The first-order valence-electron chi connectivity index (χ1n) is 12.8. The van der Waals surface area contributed by atoms with Crippen LogP contribution in [-0.2, 0) is 0 Å². The molecule has 6 heteroatoms. The highest BCUT2D eigenvalue weighted by Gasteiger charge is 2.45. The van der Waals surface area contributed by atoms with Crippen molar-refractivity contribution in [2.75, 3.05) is 0 Å². The maximum atomic E-state index is 14.2. The highest BCUT2D eigenvalue weighted by atomic mass is 35.5. The Morgan fingerprint density at radius 3 is 2.45 bits per heavy atom. The number of halogens is 3. The van der Waals surface area contributed by atoms with Crippen LogP contribution in [0.25, 0.3) is 0 Å². The molecule has 0 heterocycles. The van der Waals surface area contributed by atoms with Gasteiger partial charge in [0.15, 0.2) is 0 Å². The highest BCUT2D eigenvalue weighted by Crippen LogP contribution is 2.45. The van der Waals surface area contributed by atoms with Gasteiger partial charge in [-0.05, 0) is 93.1 Å². The van der Waals surface area contributed by atoms with Crippen LogP contribution in [0.4, 0.5) is 8.78 Å². The first-order valence-corrected chi connectivity index (χ1v) is 13.2. The van der Waals surface area contributed by atoms with Gasteiger partial charge in [-0.15, -0.1) is 0 Å². The van der Waals surface area contributed by atoms with E-state index in [9.17, 15) is 19.0 Å². The first-order chi connectivity index (χ1) is 15.6.